The number of aromatic hydroxyl groups is 1. The van der Waals surface area contributed by atoms with E-state index in [1.165, 1.54) is 6.21 Å². The van der Waals surface area contributed by atoms with Crippen molar-refractivity contribution in [3.8, 4) is 5.75 Å². The molecule has 0 aliphatic carbocycles. The summed E-state index contributed by atoms with van der Waals surface area (Å²) >= 11 is 0. The molecular weight excluding hydrogens is 366 g/mol. The van der Waals surface area contributed by atoms with E-state index >= 15 is 0 Å². The van der Waals surface area contributed by atoms with Crippen LogP contribution in [0.4, 0.5) is 5.69 Å². The maximum absolute atomic E-state index is 12.3. The fourth-order valence-corrected chi connectivity index (χ4v) is 2.93. The summed E-state index contributed by atoms with van der Waals surface area (Å²) in [6, 6.07) is 17.6. The highest BCUT2D eigenvalue weighted by molar-refractivity contribution is 6.03. The van der Waals surface area contributed by atoms with E-state index in [9.17, 15) is 14.7 Å². The van der Waals surface area contributed by atoms with Crippen LogP contribution in [0.1, 0.15) is 36.2 Å². The van der Waals surface area contributed by atoms with Gasteiger partial charge in [0.15, 0.2) is 0 Å². The molecule has 0 aliphatic heterocycles. The summed E-state index contributed by atoms with van der Waals surface area (Å²) in [6.45, 7) is 3.96. The quantitative estimate of drug-likeness (QED) is 0.434. The van der Waals surface area contributed by atoms with E-state index in [2.05, 4.69) is 15.8 Å². The molecule has 0 atom stereocenters. The lowest BCUT2D eigenvalue weighted by atomic mass is 10.0. The van der Waals surface area contributed by atoms with Crippen molar-refractivity contribution in [3.63, 3.8) is 0 Å². The first kappa shape index (κ1) is 20.1. The predicted octanol–water partition coefficient (Wildman–Crippen LogP) is 4.29. The van der Waals surface area contributed by atoms with Gasteiger partial charge in [0.05, 0.1) is 6.21 Å². The fraction of sp³-hybridized carbons (Fsp3) is 0.174. The Morgan fingerprint density at radius 1 is 1.03 bits per heavy atom. The van der Waals surface area contributed by atoms with E-state index in [1.807, 2.05) is 44.2 Å². The molecular formula is C23H23N3O3. The summed E-state index contributed by atoms with van der Waals surface area (Å²) in [5.74, 6) is -0.0833. The van der Waals surface area contributed by atoms with Gasteiger partial charge in [0.1, 0.15) is 5.75 Å². The number of benzene rings is 3. The molecule has 3 N–H and O–H groups in total. The molecule has 3 aromatic carbocycles. The van der Waals surface area contributed by atoms with Crippen molar-refractivity contribution in [1.29, 1.82) is 0 Å². The molecule has 6 nitrogen and oxygen atoms in total. The number of amides is 2. The minimum absolute atomic E-state index is 0.0586. The maximum Gasteiger partial charge on any atom is 0.271 e. The summed E-state index contributed by atoms with van der Waals surface area (Å²) in [6.07, 6.45) is 1.87. The van der Waals surface area contributed by atoms with Gasteiger partial charge < -0.3 is 10.4 Å². The van der Waals surface area contributed by atoms with Gasteiger partial charge in [-0.25, -0.2) is 5.43 Å². The fourth-order valence-electron chi connectivity index (χ4n) is 2.93. The first-order valence-corrected chi connectivity index (χ1v) is 9.38. The Morgan fingerprint density at radius 3 is 2.48 bits per heavy atom. The van der Waals surface area contributed by atoms with Crippen LogP contribution in [0, 0.1) is 5.92 Å². The summed E-state index contributed by atoms with van der Waals surface area (Å²) in [7, 11) is 0. The lowest BCUT2D eigenvalue weighted by Crippen LogP contribution is -2.18. The van der Waals surface area contributed by atoms with Gasteiger partial charge in [-0.2, -0.15) is 5.10 Å². The van der Waals surface area contributed by atoms with E-state index in [1.54, 1.807) is 30.3 Å². The molecule has 0 unspecified atom stereocenters. The second-order valence-corrected chi connectivity index (χ2v) is 7.14. The molecule has 0 fully saturated rings. The number of hydrogen-bond donors (Lipinski definition) is 3. The molecule has 2 amide bonds. The van der Waals surface area contributed by atoms with Crippen LogP contribution in [-0.2, 0) is 4.79 Å². The molecule has 29 heavy (non-hydrogen) atoms. The van der Waals surface area contributed by atoms with Gasteiger partial charge >= 0.3 is 0 Å². The van der Waals surface area contributed by atoms with Crippen molar-refractivity contribution in [2.45, 2.75) is 20.3 Å². The summed E-state index contributed by atoms with van der Waals surface area (Å²) in [4.78, 5) is 24.1. The van der Waals surface area contributed by atoms with E-state index in [4.69, 9.17) is 0 Å². The number of nitrogens with one attached hydrogen (secondary N) is 2. The third-order valence-electron chi connectivity index (χ3n) is 4.33. The molecule has 0 aromatic heterocycles. The van der Waals surface area contributed by atoms with E-state index < -0.39 is 0 Å². The zero-order valence-electron chi connectivity index (χ0n) is 16.3. The molecule has 0 aliphatic rings. The number of fused-ring (bicyclic) bond motifs is 1. The van der Waals surface area contributed by atoms with E-state index in [0.29, 0.717) is 23.2 Å². The summed E-state index contributed by atoms with van der Waals surface area (Å²) in [5.41, 5.74) is 4.04. The van der Waals surface area contributed by atoms with Gasteiger partial charge in [-0.3, -0.25) is 9.59 Å². The smallest absolute Gasteiger partial charge is 0.271 e. The Balaban J connectivity index is 1.65. The molecule has 0 spiro atoms. The highest BCUT2D eigenvalue weighted by Crippen LogP contribution is 2.25. The Hall–Kier alpha value is -3.67. The Bertz CT molecular complexity index is 1060. The van der Waals surface area contributed by atoms with Crippen LogP contribution >= 0.6 is 0 Å². The lowest BCUT2D eigenvalue weighted by Gasteiger charge is -2.08. The van der Waals surface area contributed by atoms with Crippen molar-refractivity contribution < 1.29 is 14.7 Å². The Kier molecular flexibility index (Phi) is 6.24. The lowest BCUT2D eigenvalue weighted by molar-refractivity contribution is -0.116. The molecule has 6 heteroatoms. The average molecular weight is 389 g/mol. The van der Waals surface area contributed by atoms with Crippen LogP contribution in [0.15, 0.2) is 65.8 Å². The number of anilines is 1. The number of phenols is 1. The minimum atomic E-state index is -0.388. The van der Waals surface area contributed by atoms with Crippen LogP contribution in [0.2, 0.25) is 0 Å². The van der Waals surface area contributed by atoms with Crippen LogP contribution in [0.25, 0.3) is 10.8 Å². The van der Waals surface area contributed by atoms with Gasteiger partial charge in [0.25, 0.3) is 5.91 Å². The zero-order chi connectivity index (χ0) is 20.8. The Labute approximate surface area is 169 Å². The van der Waals surface area contributed by atoms with Gasteiger partial charge in [0.2, 0.25) is 5.91 Å². The number of nitrogens with zero attached hydrogens (tertiary/aromatic N) is 1. The number of carbonyl (C=O) groups excluding carboxylic acids is 2. The van der Waals surface area contributed by atoms with Crippen molar-refractivity contribution in [1.82, 2.24) is 5.43 Å². The summed E-state index contributed by atoms with van der Waals surface area (Å²) in [5, 5.41) is 18.7. The second-order valence-electron chi connectivity index (χ2n) is 7.14. The first-order valence-electron chi connectivity index (χ1n) is 9.38. The van der Waals surface area contributed by atoms with Crippen LogP contribution < -0.4 is 10.7 Å². The number of carbonyl (C=O) groups is 2. The van der Waals surface area contributed by atoms with Crippen molar-refractivity contribution in [2.24, 2.45) is 11.0 Å². The Morgan fingerprint density at radius 2 is 1.76 bits per heavy atom. The van der Waals surface area contributed by atoms with E-state index in [-0.39, 0.29) is 23.5 Å². The number of hydrogen-bond acceptors (Lipinski definition) is 4. The van der Waals surface area contributed by atoms with Gasteiger partial charge in [0, 0.05) is 23.2 Å². The molecule has 0 bridgehead atoms. The predicted molar refractivity (Wildman–Crippen MR) is 115 cm³/mol. The molecule has 148 valence electrons. The van der Waals surface area contributed by atoms with Gasteiger partial charge in [-0.15, -0.1) is 0 Å². The summed E-state index contributed by atoms with van der Waals surface area (Å²) < 4.78 is 0. The number of hydrazone groups is 1. The monoisotopic (exact) mass is 389 g/mol. The van der Waals surface area contributed by atoms with Gasteiger partial charge in [-0.1, -0.05) is 44.2 Å². The van der Waals surface area contributed by atoms with Gasteiger partial charge in [-0.05, 0) is 47.0 Å². The average Bonchev–Trinajstić information content (AvgIpc) is 2.69. The maximum atomic E-state index is 12.3. The highest BCUT2D eigenvalue weighted by Gasteiger charge is 2.08. The van der Waals surface area contributed by atoms with E-state index in [0.717, 1.165) is 10.8 Å². The molecule has 0 radical (unpaired) electrons. The van der Waals surface area contributed by atoms with Crippen LogP contribution in [0.5, 0.6) is 5.75 Å². The van der Waals surface area contributed by atoms with Crippen LogP contribution in [-0.4, -0.2) is 23.1 Å². The highest BCUT2D eigenvalue weighted by atomic mass is 16.3. The minimum Gasteiger partial charge on any atom is -0.507 e. The topological polar surface area (TPSA) is 90.8 Å². The third-order valence-corrected chi connectivity index (χ3v) is 4.33. The molecule has 0 saturated carbocycles. The second kappa shape index (κ2) is 9.01. The molecule has 3 aromatic rings. The molecule has 0 saturated heterocycles. The number of rotatable bonds is 6. The first-order chi connectivity index (χ1) is 13.9. The molecule has 3 rings (SSSR count). The van der Waals surface area contributed by atoms with Crippen molar-refractivity contribution >= 4 is 34.5 Å². The zero-order valence-corrected chi connectivity index (χ0v) is 16.3. The van der Waals surface area contributed by atoms with Crippen LogP contribution in [0.3, 0.4) is 0 Å². The standard InChI is InChI=1S/C23H23N3O3/c1-15(2)13-22(28)25-18-10-7-17(8-11-18)23(29)26-24-14-20-19-6-4-3-5-16(19)9-12-21(20)27/h3-12,14-15,27H,13H2,1-2H3,(H,25,28)(H,26,29)/b24-14+. The molecule has 0 heterocycles. The SMILES string of the molecule is CC(C)CC(=O)Nc1ccc(C(=O)N/N=C/c2c(O)ccc3ccccc23)cc1. The normalized spacial score (nSPS) is 11.1. The van der Waals surface area contributed by atoms with Crippen molar-refractivity contribution in [3.05, 3.63) is 71.8 Å². The van der Waals surface area contributed by atoms with Crippen molar-refractivity contribution in [2.75, 3.05) is 5.32 Å². The third kappa shape index (κ3) is 5.19. The largest absolute Gasteiger partial charge is 0.507 e. The number of phenolic OH excluding ortho intramolecular Hbond substituents is 1.